The molecule has 98 valence electrons. The van der Waals surface area contributed by atoms with Crippen LogP contribution in [0, 0.1) is 5.82 Å². The van der Waals surface area contributed by atoms with Gasteiger partial charge in [-0.3, -0.25) is 0 Å². The van der Waals surface area contributed by atoms with Gasteiger partial charge in [0.05, 0.1) is 4.34 Å². The summed E-state index contributed by atoms with van der Waals surface area (Å²) >= 11 is 7.49. The van der Waals surface area contributed by atoms with Crippen LogP contribution in [0.25, 0.3) is 10.9 Å². The fraction of sp³-hybridized carbons (Fsp3) is 0.143. The number of H-pyrrole nitrogens is 1. The SMILES string of the molecule is NCC(c1ccc(Cl)s1)c1c[nH]c2ccc(F)cc12. The lowest BCUT2D eigenvalue weighted by Gasteiger charge is -2.12. The molecule has 0 amide bonds. The standard InChI is InChI=1S/C14H12ClFN2S/c15-14-4-3-13(19-14)10(6-17)11-7-18-12-2-1-8(16)5-9(11)12/h1-5,7,10,18H,6,17H2. The van der Waals surface area contributed by atoms with Crippen molar-refractivity contribution in [3.63, 3.8) is 0 Å². The maximum absolute atomic E-state index is 13.4. The van der Waals surface area contributed by atoms with Crippen LogP contribution in [-0.4, -0.2) is 11.5 Å². The highest BCUT2D eigenvalue weighted by Crippen LogP contribution is 2.35. The number of aromatic amines is 1. The number of halogens is 2. The highest BCUT2D eigenvalue weighted by molar-refractivity contribution is 7.16. The minimum absolute atomic E-state index is 0.0352. The van der Waals surface area contributed by atoms with Crippen LogP contribution in [0.5, 0.6) is 0 Å². The third kappa shape index (κ3) is 2.27. The number of rotatable bonds is 3. The summed E-state index contributed by atoms with van der Waals surface area (Å²) in [5.74, 6) is -0.207. The largest absolute Gasteiger partial charge is 0.361 e. The van der Waals surface area contributed by atoms with E-state index < -0.39 is 0 Å². The maximum Gasteiger partial charge on any atom is 0.123 e. The second kappa shape index (κ2) is 4.96. The molecule has 0 saturated carbocycles. The summed E-state index contributed by atoms with van der Waals surface area (Å²) in [6, 6.07) is 8.56. The Hall–Kier alpha value is -1.36. The van der Waals surface area contributed by atoms with Crippen molar-refractivity contribution >= 4 is 33.8 Å². The minimum Gasteiger partial charge on any atom is -0.361 e. The van der Waals surface area contributed by atoms with Gasteiger partial charge < -0.3 is 10.7 Å². The lowest BCUT2D eigenvalue weighted by Crippen LogP contribution is -2.12. The zero-order valence-corrected chi connectivity index (χ0v) is 11.6. The number of fused-ring (bicyclic) bond motifs is 1. The summed E-state index contributed by atoms with van der Waals surface area (Å²) in [6.07, 6.45) is 1.90. The summed E-state index contributed by atoms with van der Waals surface area (Å²) in [6.45, 7) is 0.459. The molecular weight excluding hydrogens is 283 g/mol. The number of nitrogens with two attached hydrogens (primary N) is 1. The van der Waals surface area contributed by atoms with E-state index in [9.17, 15) is 4.39 Å². The van der Waals surface area contributed by atoms with Gasteiger partial charge in [0.2, 0.25) is 0 Å². The quantitative estimate of drug-likeness (QED) is 0.750. The molecule has 5 heteroatoms. The molecule has 1 atom stereocenters. The van der Waals surface area contributed by atoms with Crippen molar-refractivity contribution in [1.29, 1.82) is 0 Å². The van der Waals surface area contributed by atoms with Gasteiger partial charge in [-0.05, 0) is 35.9 Å². The van der Waals surface area contributed by atoms with E-state index in [0.717, 1.165) is 25.7 Å². The summed E-state index contributed by atoms with van der Waals surface area (Å²) in [4.78, 5) is 4.25. The molecule has 0 aliphatic carbocycles. The molecule has 2 heterocycles. The molecule has 0 saturated heterocycles. The lowest BCUT2D eigenvalue weighted by atomic mass is 9.97. The van der Waals surface area contributed by atoms with Crippen LogP contribution in [0.1, 0.15) is 16.4 Å². The molecule has 2 aromatic heterocycles. The number of benzene rings is 1. The first kappa shape index (κ1) is 12.7. The first-order valence-electron chi connectivity index (χ1n) is 5.91. The van der Waals surface area contributed by atoms with Crippen LogP contribution in [0.2, 0.25) is 4.34 Å². The summed E-state index contributed by atoms with van der Waals surface area (Å²) in [5.41, 5.74) is 7.81. The Kier molecular flexibility index (Phi) is 3.31. The van der Waals surface area contributed by atoms with Crippen LogP contribution in [0.15, 0.2) is 36.5 Å². The third-order valence-corrected chi connectivity index (χ3v) is 4.57. The van der Waals surface area contributed by atoms with Crippen LogP contribution in [0.3, 0.4) is 0 Å². The van der Waals surface area contributed by atoms with Gasteiger partial charge >= 0.3 is 0 Å². The highest BCUT2D eigenvalue weighted by atomic mass is 35.5. The van der Waals surface area contributed by atoms with E-state index in [1.807, 2.05) is 18.3 Å². The van der Waals surface area contributed by atoms with Crippen LogP contribution < -0.4 is 5.73 Å². The first-order chi connectivity index (χ1) is 9.19. The lowest BCUT2D eigenvalue weighted by molar-refractivity contribution is 0.629. The predicted molar refractivity (Wildman–Crippen MR) is 78.5 cm³/mol. The normalized spacial score (nSPS) is 13.0. The average molecular weight is 295 g/mol. The molecule has 1 unspecified atom stereocenters. The Morgan fingerprint density at radius 1 is 1.32 bits per heavy atom. The van der Waals surface area contributed by atoms with Gasteiger partial charge in [0.1, 0.15) is 5.82 Å². The first-order valence-corrected chi connectivity index (χ1v) is 7.10. The molecule has 0 spiro atoms. The Morgan fingerprint density at radius 2 is 2.16 bits per heavy atom. The zero-order valence-electron chi connectivity index (χ0n) is 9.99. The van der Waals surface area contributed by atoms with Crippen LogP contribution in [-0.2, 0) is 0 Å². The average Bonchev–Trinajstić information content (AvgIpc) is 2.98. The van der Waals surface area contributed by atoms with E-state index in [4.69, 9.17) is 17.3 Å². The Labute approximate surface area is 119 Å². The van der Waals surface area contributed by atoms with E-state index in [2.05, 4.69) is 4.98 Å². The molecule has 3 N–H and O–H groups in total. The Balaban J connectivity index is 2.13. The van der Waals surface area contributed by atoms with Crippen LogP contribution in [0.4, 0.5) is 4.39 Å². The van der Waals surface area contributed by atoms with Crippen molar-refractivity contribution in [3.05, 3.63) is 57.1 Å². The monoisotopic (exact) mass is 294 g/mol. The molecule has 0 aliphatic rings. The van der Waals surface area contributed by atoms with Crippen molar-refractivity contribution in [2.24, 2.45) is 5.73 Å². The van der Waals surface area contributed by atoms with Crippen molar-refractivity contribution < 1.29 is 4.39 Å². The van der Waals surface area contributed by atoms with E-state index in [-0.39, 0.29) is 11.7 Å². The highest BCUT2D eigenvalue weighted by Gasteiger charge is 2.18. The van der Waals surface area contributed by atoms with Gasteiger partial charge in [0.15, 0.2) is 0 Å². The maximum atomic E-state index is 13.4. The molecule has 2 nitrogen and oxygen atoms in total. The molecule has 1 aromatic carbocycles. The topological polar surface area (TPSA) is 41.8 Å². The van der Waals surface area contributed by atoms with Gasteiger partial charge in [-0.25, -0.2) is 4.39 Å². The third-order valence-electron chi connectivity index (χ3n) is 3.22. The molecule has 0 aliphatic heterocycles. The summed E-state index contributed by atoms with van der Waals surface area (Å²) in [5, 5.41) is 0.875. The second-order valence-corrected chi connectivity index (χ2v) is 6.11. The van der Waals surface area contributed by atoms with Gasteiger partial charge in [-0.2, -0.15) is 0 Å². The molecule has 3 aromatic rings. The Bertz CT molecular complexity index is 719. The van der Waals surface area contributed by atoms with E-state index >= 15 is 0 Å². The number of aromatic nitrogens is 1. The van der Waals surface area contributed by atoms with Crippen molar-refractivity contribution in [3.8, 4) is 0 Å². The molecule has 19 heavy (non-hydrogen) atoms. The number of hydrogen-bond acceptors (Lipinski definition) is 2. The van der Waals surface area contributed by atoms with Crippen molar-refractivity contribution in [1.82, 2.24) is 4.98 Å². The van der Waals surface area contributed by atoms with E-state index in [1.165, 1.54) is 17.4 Å². The van der Waals surface area contributed by atoms with Gasteiger partial charge in [0, 0.05) is 34.4 Å². The fourth-order valence-electron chi connectivity index (χ4n) is 2.31. The number of nitrogens with one attached hydrogen (secondary N) is 1. The summed E-state index contributed by atoms with van der Waals surface area (Å²) in [7, 11) is 0. The van der Waals surface area contributed by atoms with Crippen molar-refractivity contribution in [2.75, 3.05) is 6.54 Å². The fourth-order valence-corrected chi connectivity index (χ4v) is 3.51. The van der Waals surface area contributed by atoms with Crippen molar-refractivity contribution in [2.45, 2.75) is 5.92 Å². The van der Waals surface area contributed by atoms with Gasteiger partial charge in [-0.15, -0.1) is 11.3 Å². The predicted octanol–water partition coefficient (Wildman–Crippen LogP) is 4.11. The zero-order chi connectivity index (χ0) is 13.4. The van der Waals surface area contributed by atoms with Gasteiger partial charge in [-0.1, -0.05) is 11.6 Å². The smallest absolute Gasteiger partial charge is 0.123 e. The molecule has 3 rings (SSSR count). The summed E-state index contributed by atoms with van der Waals surface area (Å²) < 4.78 is 14.1. The van der Waals surface area contributed by atoms with E-state index in [0.29, 0.717) is 6.54 Å². The number of thiophene rings is 1. The molecule has 0 bridgehead atoms. The minimum atomic E-state index is -0.242. The Morgan fingerprint density at radius 3 is 2.84 bits per heavy atom. The molecule has 0 radical (unpaired) electrons. The molecular formula is C14H12ClFN2S. The second-order valence-electron chi connectivity index (χ2n) is 4.36. The van der Waals surface area contributed by atoms with Crippen LogP contribution >= 0.6 is 22.9 Å². The molecule has 0 fully saturated rings. The van der Waals surface area contributed by atoms with Gasteiger partial charge in [0.25, 0.3) is 0 Å². The van der Waals surface area contributed by atoms with E-state index in [1.54, 1.807) is 12.1 Å². The number of hydrogen-bond donors (Lipinski definition) is 2.